The van der Waals surface area contributed by atoms with Gasteiger partial charge in [-0.2, -0.15) is 4.35 Å². The summed E-state index contributed by atoms with van der Waals surface area (Å²) in [6, 6.07) is 6.27. The lowest BCUT2D eigenvalue weighted by atomic mass is 10.1. The van der Waals surface area contributed by atoms with Gasteiger partial charge in [-0.3, -0.25) is 0 Å². The number of fused-ring (bicyclic) bond motifs is 1. The molecule has 0 N–H and O–H groups in total. The Balaban J connectivity index is 2.37. The Bertz CT molecular complexity index is 463. The summed E-state index contributed by atoms with van der Waals surface area (Å²) in [5.74, 6) is 1.02. The zero-order valence-electron chi connectivity index (χ0n) is 11.7. The second-order valence-corrected chi connectivity index (χ2v) is 7.45. The minimum atomic E-state index is -0.511. The van der Waals surface area contributed by atoms with Gasteiger partial charge in [0.25, 0.3) is 6.73 Å². The van der Waals surface area contributed by atoms with E-state index in [0.717, 1.165) is 11.3 Å². The van der Waals surface area contributed by atoms with Gasteiger partial charge in [0, 0.05) is 0 Å². The molecule has 1 heterocycles. The first kappa shape index (κ1) is 13.5. The van der Waals surface area contributed by atoms with Crippen molar-refractivity contribution in [2.24, 2.45) is 0 Å². The Kier molecular flexibility index (Phi) is 4.00. The fraction of sp³-hybridized carbons (Fsp3) is 0.462. The van der Waals surface area contributed by atoms with Crippen molar-refractivity contribution in [3.05, 3.63) is 29.3 Å². The highest BCUT2D eigenvalue weighted by molar-refractivity contribution is 7.45. The second kappa shape index (κ2) is 5.35. The lowest BCUT2D eigenvalue weighted by Crippen LogP contribution is -2.30. The molecular weight excluding hydrogens is 245 g/mol. The van der Waals surface area contributed by atoms with Crippen LogP contribution in [0.4, 0.5) is 0 Å². The van der Waals surface area contributed by atoms with E-state index in [1.807, 2.05) is 0 Å². The topological polar surface area (TPSA) is 18.7 Å². The van der Waals surface area contributed by atoms with Crippen molar-refractivity contribution in [1.82, 2.24) is 9.34 Å². The van der Waals surface area contributed by atoms with Gasteiger partial charge < -0.3 is 4.74 Å². The van der Waals surface area contributed by atoms with Crippen molar-refractivity contribution < 1.29 is 9.08 Å². The maximum atomic E-state index is 5.91. The van der Waals surface area contributed by atoms with E-state index in [9.17, 15) is 0 Å². The molecule has 0 saturated heterocycles. The second-order valence-electron chi connectivity index (χ2n) is 4.80. The summed E-state index contributed by atoms with van der Waals surface area (Å²) in [4.78, 5) is 0. The number of benzene rings is 1. The third kappa shape index (κ3) is 2.56. The normalized spacial score (nSPS) is 14.8. The van der Waals surface area contributed by atoms with E-state index in [1.54, 1.807) is 0 Å². The monoisotopic (exact) mass is 266 g/mol. The summed E-state index contributed by atoms with van der Waals surface area (Å²) in [5, 5.41) is 0. The zero-order valence-corrected chi connectivity index (χ0v) is 12.6. The van der Waals surface area contributed by atoms with Crippen molar-refractivity contribution in [2.45, 2.75) is 6.92 Å². The van der Waals surface area contributed by atoms with Crippen LogP contribution in [0.5, 0.6) is 5.75 Å². The van der Waals surface area contributed by atoms with Crippen LogP contribution in [0.15, 0.2) is 18.2 Å². The lowest BCUT2D eigenvalue weighted by Gasteiger charge is -2.26. The number of hydrogen-bond donors (Lipinski definition) is 0. The quantitative estimate of drug-likeness (QED) is 0.781. The first-order valence-corrected chi connectivity index (χ1v) is 7.19. The molecule has 0 fully saturated rings. The minimum Gasteiger partial charge on any atom is -0.435 e. The molecule has 1 aromatic carbocycles. The molecule has 18 heavy (non-hydrogen) atoms. The number of para-hydroxylation sites is 1. The molecule has 5 heteroatoms. The molecule has 2 rings (SSSR count). The van der Waals surface area contributed by atoms with Crippen molar-refractivity contribution in [3.8, 4) is 5.75 Å². The Hall–Kier alpha value is -0.960. The van der Waals surface area contributed by atoms with Crippen molar-refractivity contribution in [1.29, 1.82) is 0 Å². The average Bonchev–Trinajstić information content (AvgIpc) is 2.28. The summed E-state index contributed by atoms with van der Waals surface area (Å²) in [6.45, 7) is 2.70. The van der Waals surface area contributed by atoms with E-state index in [2.05, 4.69) is 73.2 Å². The highest BCUT2D eigenvalue weighted by Gasteiger charge is 2.32. The number of aryl methyl sites for hydroxylation is 1. The first-order chi connectivity index (χ1) is 8.50. The molecular formula is C13H21N3OP+. The molecule has 0 atom stereocenters. The first-order valence-electron chi connectivity index (χ1n) is 5.99. The van der Waals surface area contributed by atoms with Crippen LogP contribution in [0.3, 0.4) is 0 Å². The van der Waals surface area contributed by atoms with Crippen LogP contribution in [0.25, 0.3) is 0 Å². The SMILES string of the molecule is Cc1cccc2c1OC[N+](P(N(C)C)N(C)C)=C2. The van der Waals surface area contributed by atoms with Gasteiger partial charge in [0.05, 0.1) is 5.56 Å². The molecule has 1 aromatic rings. The predicted molar refractivity (Wildman–Crippen MR) is 76.4 cm³/mol. The van der Waals surface area contributed by atoms with Crippen LogP contribution < -0.4 is 4.74 Å². The van der Waals surface area contributed by atoms with Crippen LogP contribution >= 0.6 is 8.37 Å². The third-order valence-corrected chi connectivity index (χ3v) is 4.94. The van der Waals surface area contributed by atoms with Crippen LogP contribution in [0.2, 0.25) is 0 Å². The fourth-order valence-electron chi connectivity index (χ4n) is 2.22. The Morgan fingerprint density at radius 3 is 2.44 bits per heavy atom. The van der Waals surface area contributed by atoms with E-state index in [4.69, 9.17) is 4.74 Å². The van der Waals surface area contributed by atoms with Crippen molar-refractivity contribution in [2.75, 3.05) is 34.9 Å². The van der Waals surface area contributed by atoms with E-state index < -0.39 is 8.37 Å². The predicted octanol–water partition coefficient (Wildman–Crippen LogP) is 2.13. The van der Waals surface area contributed by atoms with Gasteiger partial charge in [0.2, 0.25) is 0 Å². The highest BCUT2D eigenvalue weighted by atomic mass is 31.2. The van der Waals surface area contributed by atoms with E-state index in [-0.39, 0.29) is 0 Å². The summed E-state index contributed by atoms with van der Waals surface area (Å²) in [7, 11) is 7.90. The van der Waals surface area contributed by atoms with Gasteiger partial charge >= 0.3 is 8.37 Å². The molecule has 0 aromatic heterocycles. The van der Waals surface area contributed by atoms with E-state index in [1.165, 1.54) is 5.56 Å². The van der Waals surface area contributed by atoms with Crippen molar-refractivity contribution >= 4 is 14.6 Å². The van der Waals surface area contributed by atoms with Crippen molar-refractivity contribution in [3.63, 3.8) is 0 Å². The minimum absolute atomic E-state index is 0.511. The van der Waals surface area contributed by atoms with Gasteiger partial charge in [-0.05, 0) is 46.7 Å². The Morgan fingerprint density at radius 1 is 1.17 bits per heavy atom. The molecule has 0 radical (unpaired) electrons. The van der Waals surface area contributed by atoms with E-state index >= 15 is 0 Å². The van der Waals surface area contributed by atoms with E-state index in [0.29, 0.717) is 6.73 Å². The number of rotatable bonds is 3. The Labute approximate surface area is 110 Å². The van der Waals surface area contributed by atoms with Gasteiger partial charge in [0.1, 0.15) is 5.75 Å². The molecule has 1 aliphatic heterocycles. The van der Waals surface area contributed by atoms with Crippen LogP contribution in [-0.2, 0) is 0 Å². The highest BCUT2D eigenvalue weighted by Crippen LogP contribution is 2.41. The Morgan fingerprint density at radius 2 is 1.83 bits per heavy atom. The maximum absolute atomic E-state index is 5.91. The average molecular weight is 266 g/mol. The van der Waals surface area contributed by atoms with Gasteiger partial charge in [-0.15, -0.1) is 0 Å². The number of nitrogens with zero attached hydrogens (tertiary/aromatic N) is 3. The third-order valence-electron chi connectivity index (χ3n) is 2.82. The van der Waals surface area contributed by atoms with Crippen LogP contribution in [0, 0.1) is 6.92 Å². The molecule has 0 aliphatic carbocycles. The molecule has 0 bridgehead atoms. The summed E-state index contributed by atoms with van der Waals surface area (Å²) >= 11 is 0. The smallest absolute Gasteiger partial charge is 0.353 e. The fourth-order valence-corrected chi connectivity index (χ4v) is 4.25. The molecule has 0 unspecified atom stereocenters. The molecule has 1 aliphatic rings. The molecule has 0 amide bonds. The number of hydrogen-bond acceptors (Lipinski definition) is 3. The van der Waals surface area contributed by atoms with Gasteiger partial charge in [-0.1, -0.05) is 12.1 Å². The van der Waals surface area contributed by atoms with Crippen LogP contribution in [0.1, 0.15) is 11.1 Å². The molecule has 0 saturated carbocycles. The lowest BCUT2D eigenvalue weighted by molar-refractivity contribution is -0.417. The standard InChI is InChI=1S/C13H21N3OP/c1-11-7-6-8-12-9-16(10-17-13(11)12)18(14(2)3)15(4)5/h6-9H,10H2,1-5H3/q+1. The largest absolute Gasteiger partial charge is 0.435 e. The molecule has 4 nitrogen and oxygen atoms in total. The van der Waals surface area contributed by atoms with Gasteiger partial charge in [-0.25, -0.2) is 9.34 Å². The van der Waals surface area contributed by atoms with Gasteiger partial charge in [0.15, 0.2) is 6.21 Å². The molecule has 98 valence electrons. The summed E-state index contributed by atoms with van der Waals surface area (Å²) < 4.78 is 12.6. The zero-order chi connectivity index (χ0) is 13.3. The van der Waals surface area contributed by atoms with Crippen LogP contribution in [-0.4, -0.2) is 54.8 Å². The molecule has 0 spiro atoms. The maximum Gasteiger partial charge on any atom is 0.353 e. The number of ether oxygens (including phenoxy) is 1. The summed E-state index contributed by atoms with van der Waals surface area (Å²) in [6.07, 6.45) is 2.21. The summed E-state index contributed by atoms with van der Waals surface area (Å²) in [5.41, 5.74) is 2.36.